The molecule has 0 bridgehead atoms. The molecule has 0 aliphatic heterocycles. The third-order valence-electron chi connectivity index (χ3n) is 4.16. The molecule has 2 aromatic heterocycles. The van der Waals surface area contributed by atoms with Gasteiger partial charge < -0.3 is 4.98 Å². The number of pyridine rings is 1. The molecule has 0 unspecified atom stereocenters. The first kappa shape index (κ1) is 16.4. The Labute approximate surface area is 138 Å². The van der Waals surface area contributed by atoms with Crippen LogP contribution < -0.4 is 5.69 Å². The number of nitrogens with zero attached hydrogens (tertiary/aromatic N) is 2. The van der Waals surface area contributed by atoms with Gasteiger partial charge in [0.25, 0.3) is 0 Å². The predicted molar refractivity (Wildman–Crippen MR) is 88.9 cm³/mol. The number of benzene rings is 1. The molecular formula is C18H19F2N3O. The molecule has 0 aliphatic carbocycles. The molecule has 6 heteroatoms. The van der Waals surface area contributed by atoms with Gasteiger partial charge in [-0.1, -0.05) is 19.9 Å². The molecule has 0 atom stereocenters. The standard InChI is InChI=1S/C18H19F2N3O/c1-18(2,10-12-7-15(19)22-16(20)8-12)9-11-4-5-13-14(6-11)23(3)17(24)21-13/h4-8H,9-10H2,1-3H3,(H,21,24). The number of aryl methyl sites for hydroxylation is 1. The second kappa shape index (κ2) is 5.85. The Balaban J connectivity index is 1.85. The maximum atomic E-state index is 13.3. The predicted octanol–water partition coefficient (Wildman–Crippen LogP) is 3.35. The minimum Gasteiger partial charge on any atom is -0.306 e. The van der Waals surface area contributed by atoms with Crippen LogP contribution in [0.4, 0.5) is 8.78 Å². The molecule has 3 aromatic rings. The topological polar surface area (TPSA) is 50.7 Å². The summed E-state index contributed by atoms with van der Waals surface area (Å²) in [6.45, 7) is 4.09. The number of aromatic amines is 1. The summed E-state index contributed by atoms with van der Waals surface area (Å²) in [7, 11) is 1.72. The van der Waals surface area contributed by atoms with Gasteiger partial charge in [0.1, 0.15) is 0 Å². The van der Waals surface area contributed by atoms with Crippen LogP contribution in [-0.4, -0.2) is 14.5 Å². The van der Waals surface area contributed by atoms with Gasteiger partial charge in [0.15, 0.2) is 0 Å². The van der Waals surface area contributed by atoms with Crippen molar-refractivity contribution in [3.05, 3.63) is 63.8 Å². The van der Waals surface area contributed by atoms with Crippen molar-refractivity contribution in [1.82, 2.24) is 14.5 Å². The molecule has 0 fully saturated rings. The van der Waals surface area contributed by atoms with E-state index in [2.05, 4.69) is 9.97 Å². The molecule has 0 aliphatic rings. The fourth-order valence-electron chi connectivity index (χ4n) is 3.16. The first-order valence-corrected chi connectivity index (χ1v) is 7.73. The van der Waals surface area contributed by atoms with Gasteiger partial charge in [-0.15, -0.1) is 0 Å². The lowest BCUT2D eigenvalue weighted by atomic mass is 9.80. The lowest BCUT2D eigenvalue weighted by Gasteiger charge is -2.25. The molecular weight excluding hydrogens is 312 g/mol. The van der Waals surface area contributed by atoms with Gasteiger partial charge in [0.05, 0.1) is 11.0 Å². The average molecular weight is 331 g/mol. The van der Waals surface area contributed by atoms with Crippen LogP contribution in [0.2, 0.25) is 0 Å². The van der Waals surface area contributed by atoms with Crippen LogP contribution in [0.1, 0.15) is 25.0 Å². The van der Waals surface area contributed by atoms with Crippen molar-refractivity contribution in [2.45, 2.75) is 26.7 Å². The lowest BCUT2D eigenvalue weighted by Crippen LogP contribution is -2.19. The Morgan fingerprint density at radius 2 is 1.71 bits per heavy atom. The molecule has 0 saturated heterocycles. The molecule has 126 valence electrons. The van der Waals surface area contributed by atoms with E-state index in [9.17, 15) is 13.6 Å². The molecule has 0 radical (unpaired) electrons. The van der Waals surface area contributed by atoms with E-state index in [4.69, 9.17) is 0 Å². The number of halogens is 2. The number of nitrogens with one attached hydrogen (secondary N) is 1. The van der Waals surface area contributed by atoms with Gasteiger partial charge in [-0.3, -0.25) is 4.57 Å². The highest BCUT2D eigenvalue weighted by atomic mass is 19.1. The minimum absolute atomic E-state index is 0.149. The quantitative estimate of drug-likeness (QED) is 0.745. The molecule has 0 spiro atoms. The van der Waals surface area contributed by atoms with E-state index in [1.54, 1.807) is 11.6 Å². The Morgan fingerprint density at radius 1 is 1.08 bits per heavy atom. The van der Waals surface area contributed by atoms with Crippen LogP contribution in [0.5, 0.6) is 0 Å². The molecule has 0 amide bonds. The van der Waals surface area contributed by atoms with Crippen LogP contribution in [-0.2, 0) is 19.9 Å². The third kappa shape index (κ3) is 3.37. The summed E-state index contributed by atoms with van der Waals surface area (Å²) in [5.74, 6) is -1.60. The van der Waals surface area contributed by atoms with Crippen molar-refractivity contribution in [2.24, 2.45) is 12.5 Å². The zero-order valence-corrected chi connectivity index (χ0v) is 13.9. The van der Waals surface area contributed by atoms with Crippen molar-refractivity contribution >= 4 is 11.0 Å². The number of aromatic nitrogens is 3. The summed E-state index contributed by atoms with van der Waals surface area (Å²) in [5, 5.41) is 0. The number of imidazole rings is 1. The zero-order valence-electron chi connectivity index (χ0n) is 13.9. The van der Waals surface area contributed by atoms with Gasteiger partial charge in [-0.05, 0) is 53.6 Å². The lowest BCUT2D eigenvalue weighted by molar-refractivity contribution is 0.358. The first-order chi connectivity index (χ1) is 11.2. The second-order valence-electron chi connectivity index (χ2n) is 6.98. The number of rotatable bonds is 4. The van der Waals surface area contributed by atoms with Gasteiger partial charge in [-0.2, -0.15) is 13.8 Å². The number of H-pyrrole nitrogens is 1. The van der Waals surface area contributed by atoms with E-state index >= 15 is 0 Å². The average Bonchev–Trinajstić information content (AvgIpc) is 2.72. The molecule has 24 heavy (non-hydrogen) atoms. The van der Waals surface area contributed by atoms with Gasteiger partial charge >= 0.3 is 5.69 Å². The minimum atomic E-state index is -0.801. The Kier molecular flexibility index (Phi) is 3.99. The highest BCUT2D eigenvalue weighted by Crippen LogP contribution is 2.28. The van der Waals surface area contributed by atoms with Crippen LogP contribution in [0.3, 0.4) is 0 Å². The maximum Gasteiger partial charge on any atom is 0.326 e. The molecule has 2 heterocycles. The van der Waals surface area contributed by atoms with Crippen LogP contribution >= 0.6 is 0 Å². The normalized spacial score (nSPS) is 12.0. The first-order valence-electron chi connectivity index (χ1n) is 7.73. The second-order valence-corrected chi connectivity index (χ2v) is 6.98. The van der Waals surface area contributed by atoms with Crippen molar-refractivity contribution in [3.8, 4) is 0 Å². The van der Waals surface area contributed by atoms with Gasteiger partial charge in [0.2, 0.25) is 11.9 Å². The van der Waals surface area contributed by atoms with E-state index in [0.29, 0.717) is 18.4 Å². The van der Waals surface area contributed by atoms with Crippen LogP contribution in [0, 0.1) is 17.3 Å². The van der Waals surface area contributed by atoms with Crippen molar-refractivity contribution in [3.63, 3.8) is 0 Å². The Morgan fingerprint density at radius 3 is 2.38 bits per heavy atom. The third-order valence-corrected chi connectivity index (χ3v) is 4.16. The summed E-state index contributed by atoms with van der Waals surface area (Å²) in [6, 6.07) is 8.36. The molecule has 4 nitrogen and oxygen atoms in total. The SMILES string of the molecule is Cn1c(=O)[nH]c2ccc(CC(C)(C)Cc3cc(F)nc(F)c3)cc21. The zero-order chi connectivity index (χ0) is 17.5. The van der Waals surface area contributed by atoms with Crippen molar-refractivity contribution < 1.29 is 8.78 Å². The van der Waals surface area contributed by atoms with Crippen molar-refractivity contribution in [2.75, 3.05) is 0 Å². The van der Waals surface area contributed by atoms with Crippen molar-refractivity contribution in [1.29, 1.82) is 0 Å². The summed E-state index contributed by atoms with van der Waals surface area (Å²) < 4.78 is 28.1. The van der Waals surface area contributed by atoms with E-state index in [1.165, 1.54) is 12.1 Å². The van der Waals surface area contributed by atoms with Crippen LogP contribution in [0.25, 0.3) is 11.0 Å². The summed E-state index contributed by atoms with van der Waals surface area (Å²) in [6.07, 6.45) is 1.24. The van der Waals surface area contributed by atoms with E-state index in [0.717, 1.165) is 16.6 Å². The fraction of sp³-hybridized carbons (Fsp3) is 0.333. The fourth-order valence-corrected chi connectivity index (χ4v) is 3.16. The largest absolute Gasteiger partial charge is 0.326 e. The van der Waals surface area contributed by atoms with E-state index < -0.39 is 11.9 Å². The van der Waals surface area contributed by atoms with Crippen LogP contribution in [0.15, 0.2) is 35.1 Å². The Hall–Kier alpha value is -2.50. The molecule has 1 N–H and O–H groups in total. The number of hydrogen-bond acceptors (Lipinski definition) is 2. The van der Waals surface area contributed by atoms with E-state index in [-0.39, 0.29) is 11.1 Å². The smallest absolute Gasteiger partial charge is 0.306 e. The number of hydrogen-bond donors (Lipinski definition) is 1. The van der Waals surface area contributed by atoms with Gasteiger partial charge in [0, 0.05) is 7.05 Å². The molecule has 0 saturated carbocycles. The monoisotopic (exact) mass is 331 g/mol. The van der Waals surface area contributed by atoms with Gasteiger partial charge in [-0.25, -0.2) is 4.79 Å². The molecule has 3 rings (SSSR count). The Bertz CT molecular complexity index is 936. The highest BCUT2D eigenvalue weighted by molar-refractivity contribution is 5.75. The summed E-state index contributed by atoms with van der Waals surface area (Å²) in [5.41, 5.74) is 2.93. The highest BCUT2D eigenvalue weighted by Gasteiger charge is 2.21. The summed E-state index contributed by atoms with van der Waals surface area (Å²) >= 11 is 0. The van der Waals surface area contributed by atoms with E-state index in [1.807, 2.05) is 32.0 Å². The maximum absolute atomic E-state index is 13.3. The number of fused-ring (bicyclic) bond motifs is 1. The molecule has 1 aromatic carbocycles. The summed E-state index contributed by atoms with van der Waals surface area (Å²) in [4.78, 5) is 17.6.